The lowest BCUT2D eigenvalue weighted by Gasteiger charge is -2.21. The van der Waals surface area contributed by atoms with Crippen LogP contribution in [0.25, 0.3) is 0 Å². The van der Waals surface area contributed by atoms with Gasteiger partial charge in [-0.1, -0.05) is 22.0 Å². The quantitative estimate of drug-likeness (QED) is 0.725. The third kappa shape index (κ3) is 2.39. The highest BCUT2D eigenvalue weighted by atomic mass is 79.9. The van der Waals surface area contributed by atoms with Crippen LogP contribution in [-0.4, -0.2) is 17.3 Å². The molecule has 1 atom stereocenters. The minimum Gasteiger partial charge on any atom is -0.311 e. The van der Waals surface area contributed by atoms with Gasteiger partial charge in [-0.15, -0.1) is 0 Å². The molecule has 0 radical (unpaired) electrons. The van der Waals surface area contributed by atoms with Crippen LogP contribution >= 0.6 is 15.9 Å². The second-order valence-electron chi connectivity index (χ2n) is 4.25. The van der Waals surface area contributed by atoms with Crippen molar-refractivity contribution in [3.63, 3.8) is 0 Å². The number of nitrogens with zero attached hydrogens (tertiary/aromatic N) is 1. The van der Waals surface area contributed by atoms with E-state index in [1.54, 1.807) is 6.07 Å². The second kappa shape index (κ2) is 4.57. The number of alkyl halides is 4. The molecule has 6 heteroatoms. The number of amides is 1. The fraction of sp³-hybridized carbons (Fsp3) is 0.417. The molecule has 1 amide bonds. The van der Waals surface area contributed by atoms with Crippen LogP contribution < -0.4 is 4.90 Å². The van der Waals surface area contributed by atoms with Crippen molar-refractivity contribution in [3.8, 4) is 0 Å². The lowest BCUT2D eigenvalue weighted by Crippen LogP contribution is -2.26. The highest BCUT2D eigenvalue weighted by Crippen LogP contribution is 2.37. The summed E-state index contributed by atoms with van der Waals surface area (Å²) >= 11 is 3.31. The van der Waals surface area contributed by atoms with Gasteiger partial charge < -0.3 is 4.90 Å². The summed E-state index contributed by atoms with van der Waals surface area (Å²) in [6, 6.07) is 3.92. The molecule has 1 aromatic rings. The Bertz CT molecular complexity index is 487. The molecule has 0 aromatic heterocycles. The number of anilines is 1. The van der Waals surface area contributed by atoms with Crippen molar-refractivity contribution in [1.82, 2.24) is 0 Å². The monoisotopic (exact) mass is 321 g/mol. The first kappa shape index (κ1) is 13.4. The number of carbonyl (C=O) groups is 1. The fourth-order valence-corrected chi connectivity index (χ4v) is 2.69. The number of halogens is 4. The van der Waals surface area contributed by atoms with Crippen LogP contribution in [0.4, 0.5) is 18.9 Å². The molecule has 1 aliphatic rings. The van der Waals surface area contributed by atoms with Crippen molar-refractivity contribution in [2.75, 3.05) is 11.4 Å². The number of carbonyl (C=O) groups excluding carboxylic acids is 1. The lowest BCUT2D eigenvalue weighted by atomic mass is 10.1. The van der Waals surface area contributed by atoms with Crippen LogP contribution in [0.1, 0.15) is 17.5 Å². The number of hydrogen-bond acceptors (Lipinski definition) is 1. The smallest absolute Gasteiger partial charge is 0.311 e. The molecule has 2 nitrogen and oxygen atoms in total. The van der Waals surface area contributed by atoms with E-state index in [4.69, 9.17) is 0 Å². The van der Waals surface area contributed by atoms with Crippen molar-refractivity contribution < 1.29 is 18.0 Å². The maximum atomic E-state index is 12.8. The molecule has 0 spiro atoms. The molecule has 2 rings (SSSR count). The first-order chi connectivity index (χ1) is 8.30. The molecule has 1 saturated heterocycles. The van der Waals surface area contributed by atoms with Gasteiger partial charge in [0.05, 0.1) is 5.56 Å². The van der Waals surface area contributed by atoms with Crippen LogP contribution in [0.3, 0.4) is 0 Å². The second-order valence-corrected chi connectivity index (χ2v) is 5.55. The number of rotatable bonds is 1. The zero-order valence-electron chi connectivity index (χ0n) is 9.59. The molecule has 0 aliphatic carbocycles. The predicted molar refractivity (Wildman–Crippen MR) is 65.9 cm³/mol. The van der Waals surface area contributed by atoms with Crippen LogP contribution in [-0.2, 0) is 11.0 Å². The molecule has 1 aromatic carbocycles. The molecule has 98 valence electrons. The molecule has 1 heterocycles. The molecule has 1 aliphatic heterocycles. The van der Waals surface area contributed by atoms with Crippen molar-refractivity contribution in [1.29, 1.82) is 0 Å². The van der Waals surface area contributed by atoms with Crippen LogP contribution in [0.5, 0.6) is 0 Å². The van der Waals surface area contributed by atoms with Crippen LogP contribution in [0.15, 0.2) is 18.2 Å². The van der Waals surface area contributed by atoms with Crippen LogP contribution in [0, 0.1) is 6.92 Å². The highest BCUT2D eigenvalue weighted by Gasteiger charge is 2.35. The number of benzene rings is 1. The zero-order chi connectivity index (χ0) is 13.5. The van der Waals surface area contributed by atoms with Crippen molar-refractivity contribution in [2.24, 2.45) is 0 Å². The Morgan fingerprint density at radius 2 is 2.06 bits per heavy atom. The van der Waals surface area contributed by atoms with E-state index in [1.165, 1.54) is 17.9 Å². The van der Waals surface area contributed by atoms with E-state index in [-0.39, 0.29) is 16.3 Å². The standard InChI is InChI=1S/C12H11BrF3NO/c1-7-9(12(14,15)16)3-2-4-10(7)17-6-8(13)5-11(17)18/h2-4,8H,5-6H2,1H3. The lowest BCUT2D eigenvalue weighted by molar-refractivity contribution is -0.138. The van der Waals surface area contributed by atoms with Gasteiger partial charge in [0, 0.05) is 23.5 Å². The Morgan fingerprint density at radius 3 is 2.56 bits per heavy atom. The van der Waals surface area contributed by atoms with E-state index >= 15 is 0 Å². The molecule has 18 heavy (non-hydrogen) atoms. The summed E-state index contributed by atoms with van der Waals surface area (Å²) in [5.74, 6) is -0.153. The molecular formula is C12H11BrF3NO. The van der Waals surface area contributed by atoms with E-state index in [9.17, 15) is 18.0 Å². The van der Waals surface area contributed by atoms with Gasteiger partial charge in [-0.25, -0.2) is 0 Å². The third-order valence-corrected chi connectivity index (χ3v) is 3.59. The van der Waals surface area contributed by atoms with Crippen molar-refractivity contribution in [3.05, 3.63) is 29.3 Å². The minimum atomic E-state index is -4.39. The maximum Gasteiger partial charge on any atom is 0.416 e. The Morgan fingerprint density at radius 1 is 1.39 bits per heavy atom. The van der Waals surface area contributed by atoms with Gasteiger partial charge in [0.2, 0.25) is 5.91 Å². The van der Waals surface area contributed by atoms with E-state index < -0.39 is 11.7 Å². The van der Waals surface area contributed by atoms with Crippen LogP contribution in [0.2, 0.25) is 0 Å². The van der Waals surface area contributed by atoms with E-state index in [1.807, 2.05) is 0 Å². The van der Waals surface area contributed by atoms with E-state index in [2.05, 4.69) is 15.9 Å². The van der Waals surface area contributed by atoms with E-state index in [0.29, 0.717) is 18.7 Å². The topological polar surface area (TPSA) is 20.3 Å². The molecule has 0 N–H and O–H groups in total. The third-order valence-electron chi connectivity index (χ3n) is 2.98. The molecule has 0 saturated carbocycles. The fourth-order valence-electron chi connectivity index (χ4n) is 2.12. The highest BCUT2D eigenvalue weighted by molar-refractivity contribution is 9.09. The van der Waals surface area contributed by atoms with Gasteiger partial charge in [0.15, 0.2) is 0 Å². The summed E-state index contributed by atoms with van der Waals surface area (Å²) in [4.78, 5) is 13.1. The van der Waals surface area contributed by atoms with Gasteiger partial charge in [0.1, 0.15) is 0 Å². The normalized spacial score (nSPS) is 20.6. The summed E-state index contributed by atoms with van der Waals surface area (Å²) in [7, 11) is 0. The van der Waals surface area contributed by atoms with Gasteiger partial charge in [-0.2, -0.15) is 13.2 Å². The Balaban J connectivity index is 2.44. The molecular weight excluding hydrogens is 311 g/mol. The van der Waals surface area contributed by atoms with Crippen molar-refractivity contribution >= 4 is 27.5 Å². The Kier molecular flexibility index (Phi) is 3.40. The maximum absolute atomic E-state index is 12.8. The first-order valence-electron chi connectivity index (χ1n) is 5.42. The van der Waals surface area contributed by atoms with Gasteiger partial charge >= 0.3 is 6.18 Å². The zero-order valence-corrected chi connectivity index (χ0v) is 11.2. The SMILES string of the molecule is Cc1c(N2CC(Br)CC2=O)cccc1C(F)(F)F. The summed E-state index contributed by atoms with van der Waals surface area (Å²) in [6.45, 7) is 1.80. The molecule has 1 unspecified atom stereocenters. The molecule has 0 bridgehead atoms. The Hall–Kier alpha value is -1.04. The average molecular weight is 322 g/mol. The van der Waals surface area contributed by atoms with Gasteiger partial charge in [-0.05, 0) is 24.6 Å². The minimum absolute atomic E-state index is 0.000979. The van der Waals surface area contributed by atoms with Gasteiger partial charge in [-0.3, -0.25) is 4.79 Å². The average Bonchev–Trinajstić information content (AvgIpc) is 2.56. The summed E-state index contributed by atoms with van der Waals surface area (Å²) in [5, 5.41) is 0. The van der Waals surface area contributed by atoms with Crippen molar-refractivity contribution in [2.45, 2.75) is 24.3 Å². The van der Waals surface area contributed by atoms with E-state index in [0.717, 1.165) is 6.07 Å². The van der Waals surface area contributed by atoms with Gasteiger partial charge in [0.25, 0.3) is 0 Å². The summed E-state index contributed by atoms with van der Waals surface area (Å²) in [5.41, 5.74) is -0.248. The molecule has 1 fully saturated rings. The summed E-state index contributed by atoms with van der Waals surface area (Å²) in [6.07, 6.45) is -4.08. The largest absolute Gasteiger partial charge is 0.416 e. The number of hydrogen-bond donors (Lipinski definition) is 0. The first-order valence-corrected chi connectivity index (χ1v) is 6.33. The summed E-state index contributed by atoms with van der Waals surface area (Å²) < 4.78 is 38.3. The Labute approximate surface area is 111 Å². The predicted octanol–water partition coefficient (Wildman–Crippen LogP) is 3.51.